The van der Waals surface area contributed by atoms with E-state index in [0.717, 1.165) is 23.7 Å². The summed E-state index contributed by atoms with van der Waals surface area (Å²) in [6.07, 6.45) is 13.2. The largest absolute Gasteiger partial charge is 0.325 e. The lowest BCUT2D eigenvalue weighted by Gasteiger charge is -2.63. The van der Waals surface area contributed by atoms with Crippen LogP contribution in [0.5, 0.6) is 0 Å². The molecule has 0 aromatic rings. The summed E-state index contributed by atoms with van der Waals surface area (Å²) < 4.78 is 0. The van der Waals surface area contributed by atoms with Crippen molar-refractivity contribution in [1.82, 2.24) is 0 Å². The Labute approximate surface area is 106 Å². The van der Waals surface area contributed by atoms with Crippen LogP contribution in [-0.4, -0.2) is 5.54 Å². The SMILES string of the molecule is CC(C1(N)CCC1)C12CC3CC(CC(C3)C1)C2. The maximum absolute atomic E-state index is 6.67. The van der Waals surface area contributed by atoms with Crippen LogP contribution in [0.25, 0.3) is 0 Å². The molecule has 0 spiro atoms. The quantitative estimate of drug-likeness (QED) is 0.773. The Bertz CT molecular complexity index is 293. The highest BCUT2D eigenvalue weighted by Crippen LogP contribution is 2.65. The van der Waals surface area contributed by atoms with Gasteiger partial charge in [0.1, 0.15) is 0 Å². The van der Waals surface area contributed by atoms with Crippen LogP contribution in [0, 0.1) is 29.1 Å². The third kappa shape index (κ3) is 1.41. The van der Waals surface area contributed by atoms with E-state index in [1.807, 2.05) is 0 Å². The first-order chi connectivity index (χ1) is 8.10. The molecule has 5 saturated carbocycles. The van der Waals surface area contributed by atoms with Gasteiger partial charge in [-0.3, -0.25) is 0 Å². The van der Waals surface area contributed by atoms with Crippen LogP contribution >= 0.6 is 0 Å². The molecule has 1 atom stereocenters. The lowest BCUT2D eigenvalue weighted by molar-refractivity contribution is -0.110. The second kappa shape index (κ2) is 3.29. The summed E-state index contributed by atoms with van der Waals surface area (Å²) in [6, 6.07) is 0. The van der Waals surface area contributed by atoms with Crippen LogP contribution in [0.2, 0.25) is 0 Å². The van der Waals surface area contributed by atoms with Crippen molar-refractivity contribution in [2.75, 3.05) is 0 Å². The number of hydrogen-bond donors (Lipinski definition) is 1. The van der Waals surface area contributed by atoms with Gasteiger partial charge in [-0.05, 0) is 86.9 Å². The van der Waals surface area contributed by atoms with Gasteiger partial charge in [0.25, 0.3) is 0 Å². The van der Waals surface area contributed by atoms with Crippen molar-refractivity contribution in [2.24, 2.45) is 34.8 Å². The molecule has 0 amide bonds. The molecule has 1 nitrogen and oxygen atoms in total. The molecule has 5 fully saturated rings. The molecule has 96 valence electrons. The van der Waals surface area contributed by atoms with Gasteiger partial charge in [-0.25, -0.2) is 0 Å². The zero-order valence-corrected chi connectivity index (χ0v) is 11.3. The van der Waals surface area contributed by atoms with E-state index in [-0.39, 0.29) is 5.54 Å². The first-order valence-electron chi connectivity index (χ1n) is 7.89. The van der Waals surface area contributed by atoms with Gasteiger partial charge in [0.05, 0.1) is 0 Å². The Morgan fingerprint density at radius 3 is 1.76 bits per heavy atom. The van der Waals surface area contributed by atoms with E-state index < -0.39 is 0 Å². The van der Waals surface area contributed by atoms with Crippen molar-refractivity contribution in [2.45, 2.75) is 70.3 Å². The predicted molar refractivity (Wildman–Crippen MR) is 70.5 cm³/mol. The molecule has 0 saturated heterocycles. The molecule has 0 heterocycles. The number of nitrogens with two attached hydrogens (primary N) is 1. The molecule has 1 unspecified atom stereocenters. The molecular weight excluding hydrogens is 206 g/mol. The highest BCUT2D eigenvalue weighted by molar-refractivity contribution is 5.10. The third-order valence-corrected chi connectivity index (χ3v) is 7.15. The van der Waals surface area contributed by atoms with Crippen LogP contribution < -0.4 is 5.73 Å². The number of rotatable bonds is 2. The average molecular weight is 233 g/mol. The Morgan fingerprint density at radius 2 is 1.41 bits per heavy atom. The fourth-order valence-corrected chi connectivity index (χ4v) is 6.34. The van der Waals surface area contributed by atoms with Crippen molar-refractivity contribution in [3.05, 3.63) is 0 Å². The molecule has 17 heavy (non-hydrogen) atoms. The molecule has 5 aliphatic rings. The van der Waals surface area contributed by atoms with Crippen LogP contribution in [0.1, 0.15) is 64.7 Å². The normalized spacial score (nSPS) is 52.2. The summed E-state index contributed by atoms with van der Waals surface area (Å²) in [4.78, 5) is 0. The average Bonchev–Trinajstić information content (AvgIpc) is 2.23. The molecule has 0 aromatic carbocycles. The summed E-state index contributed by atoms with van der Waals surface area (Å²) in [5.74, 6) is 4.02. The summed E-state index contributed by atoms with van der Waals surface area (Å²) in [5.41, 5.74) is 7.57. The van der Waals surface area contributed by atoms with Crippen molar-refractivity contribution in [1.29, 1.82) is 0 Å². The van der Waals surface area contributed by atoms with Crippen molar-refractivity contribution in [3.8, 4) is 0 Å². The van der Waals surface area contributed by atoms with Gasteiger partial charge >= 0.3 is 0 Å². The van der Waals surface area contributed by atoms with Gasteiger partial charge in [0.15, 0.2) is 0 Å². The predicted octanol–water partition coefficient (Wildman–Crippen LogP) is 3.72. The van der Waals surface area contributed by atoms with Crippen molar-refractivity contribution in [3.63, 3.8) is 0 Å². The monoisotopic (exact) mass is 233 g/mol. The van der Waals surface area contributed by atoms with Gasteiger partial charge in [0.2, 0.25) is 0 Å². The molecule has 0 aliphatic heterocycles. The summed E-state index contributed by atoms with van der Waals surface area (Å²) in [7, 11) is 0. The molecule has 1 heteroatoms. The molecule has 0 radical (unpaired) electrons. The Hall–Kier alpha value is -0.0400. The van der Waals surface area contributed by atoms with E-state index in [1.54, 1.807) is 19.3 Å². The second-order valence-corrected chi connectivity index (χ2v) is 8.09. The first kappa shape index (κ1) is 10.8. The molecular formula is C16H27N. The maximum Gasteiger partial charge on any atom is 0.0185 e. The van der Waals surface area contributed by atoms with Gasteiger partial charge in [-0.2, -0.15) is 0 Å². The summed E-state index contributed by atoms with van der Waals surface area (Å²) in [5, 5.41) is 0. The summed E-state index contributed by atoms with van der Waals surface area (Å²) in [6.45, 7) is 2.51. The van der Waals surface area contributed by atoms with Crippen molar-refractivity contribution < 1.29 is 0 Å². The zero-order valence-electron chi connectivity index (χ0n) is 11.3. The third-order valence-electron chi connectivity index (χ3n) is 7.15. The maximum atomic E-state index is 6.67. The van der Waals surface area contributed by atoms with E-state index in [2.05, 4.69) is 6.92 Å². The van der Waals surface area contributed by atoms with Gasteiger partial charge in [0, 0.05) is 5.54 Å². The standard InChI is InChI=1S/C16H27N/c1-11(16(17)3-2-4-16)15-8-12-5-13(9-15)7-14(6-12)10-15/h11-14H,2-10,17H2,1H3. The molecule has 2 N–H and O–H groups in total. The Balaban J connectivity index is 1.63. The number of hydrogen-bond acceptors (Lipinski definition) is 1. The Morgan fingerprint density at radius 1 is 0.941 bits per heavy atom. The molecule has 5 rings (SSSR count). The van der Waals surface area contributed by atoms with Crippen molar-refractivity contribution >= 4 is 0 Å². The van der Waals surface area contributed by atoms with Crippen LogP contribution in [-0.2, 0) is 0 Å². The first-order valence-corrected chi connectivity index (χ1v) is 7.89. The smallest absolute Gasteiger partial charge is 0.0185 e. The molecule has 5 aliphatic carbocycles. The highest BCUT2D eigenvalue weighted by atomic mass is 14.8. The van der Waals surface area contributed by atoms with E-state index in [4.69, 9.17) is 5.73 Å². The van der Waals surface area contributed by atoms with E-state index in [9.17, 15) is 0 Å². The molecule has 0 aromatic heterocycles. The van der Waals surface area contributed by atoms with E-state index in [1.165, 1.54) is 38.5 Å². The van der Waals surface area contributed by atoms with Crippen LogP contribution in [0.4, 0.5) is 0 Å². The minimum absolute atomic E-state index is 0.228. The zero-order chi connectivity index (χ0) is 11.7. The minimum Gasteiger partial charge on any atom is -0.325 e. The Kier molecular flexibility index (Phi) is 2.10. The van der Waals surface area contributed by atoms with E-state index >= 15 is 0 Å². The second-order valence-electron chi connectivity index (χ2n) is 8.09. The summed E-state index contributed by atoms with van der Waals surface area (Å²) >= 11 is 0. The lowest BCUT2D eigenvalue weighted by Crippen LogP contribution is -2.61. The van der Waals surface area contributed by atoms with Gasteiger partial charge < -0.3 is 5.73 Å². The van der Waals surface area contributed by atoms with Crippen LogP contribution in [0.15, 0.2) is 0 Å². The van der Waals surface area contributed by atoms with Gasteiger partial charge in [-0.1, -0.05) is 6.92 Å². The molecule has 4 bridgehead atoms. The lowest BCUT2D eigenvalue weighted by atomic mass is 9.43. The highest BCUT2D eigenvalue weighted by Gasteiger charge is 2.57. The van der Waals surface area contributed by atoms with Gasteiger partial charge in [-0.15, -0.1) is 0 Å². The topological polar surface area (TPSA) is 26.0 Å². The van der Waals surface area contributed by atoms with Crippen LogP contribution in [0.3, 0.4) is 0 Å². The minimum atomic E-state index is 0.228. The van der Waals surface area contributed by atoms with E-state index in [0.29, 0.717) is 5.41 Å². The fourth-order valence-electron chi connectivity index (χ4n) is 6.34. The fraction of sp³-hybridized carbons (Fsp3) is 1.00.